The molecule has 0 unspecified atom stereocenters. The van der Waals surface area contributed by atoms with Crippen LogP contribution < -0.4 is 15.4 Å². The standard InChI is InChI=1S/C18H21N3O3/c1-12-9-10-15(18(20-12)24-3)17(23)21-13(2)16(22)19-11-14-7-5-4-6-8-14/h4-10,13H,11H2,1-3H3,(H,19,22)(H,21,23)/t13-/m0/s1. The third-order valence-electron chi connectivity index (χ3n) is 3.49. The Kier molecular flexibility index (Phi) is 5.89. The molecule has 0 aliphatic carbocycles. The van der Waals surface area contributed by atoms with Crippen LogP contribution in [-0.2, 0) is 11.3 Å². The Hall–Kier alpha value is -2.89. The lowest BCUT2D eigenvalue weighted by molar-refractivity contribution is -0.122. The summed E-state index contributed by atoms with van der Waals surface area (Å²) >= 11 is 0. The van der Waals surface area contributed by atoms with E-state index in [2.05, 4.69) is 15.6 Å². The lowest BCUT2D eigenvalue weighted by Crippen LogP contribution is -2.44. The first-order valence-corrected chi connectivity index (χ1v) is 7.65. The summed E-state index contributed by atoms with van der Waals surface area (Å²) in [6.45, 7) is 3.85. The smallest absolute Gasteiger partial charge is 0.257 e. The molecular formula is C18H21N3O3. The molecule has 1 aromatic carbocycles. The van der Waals surface area contributed by atoms with Gasteiger partial charge in [0, 0.05) is 12.2 Å². The van der Waals surface area contributed by atoms with Gasteiger partial charge in [-0.05, 0) is 31.5 Å². The van der Waals surface area contributed by atoms with Crippen molar-refractivity contribution in [3.63, 3.8) is 0 Å². The van der Waals surface area contributed by atoms with Gasteiger partial charge >= 0.3 is 0 Å². The van der Waals surface area contributed by atoms with E-state index in [1.807, 2.05) is 37.3 Å². The molecule has 2 amide bonds. The van der Waals surface area contributed by atoms with Gasteiger partial charge in [-0.15, -0.1) is 0 Å². The molecule has 0 aliphatic heterocycles. The number of nitrogens with one attached hydrogen (secondary N) is 2. The number of nitrogens with zero attached hydrogens (tertiary/aromatic N) is 1. The number of methoxy groups -OCH3 is 1. The second-order valence-corrected chi connectivity index (χ2v) is 5.41. The Bertz CT molecular complexity index is 717. The number of pyridine rings is 1. The van der Waals surface area contributed by atoms with Crippen LogP contribution in [0.3, 0.4) is 0 Å². The lowest BCUT2D eigenvalue weighted by atomic mass is 10.2. The average Bonchev–Trinajstić information content (AvgIpc) is 2.60. The summed E-state index contributed by atoms with van der Waals surface area (Å²) in [6, 6.07) is 12.2. The summed E-state index contributed by atoms with van der Waals surface area (Å²) in [4.78, 5) is 28.6. The van der Waals surface area contributed by atoms with Crippen molar-refractivity contribution in [3.8, 4) is 5.88 Å². The van der Waals surface area contributed by atoms with Gasteiger partial charge in [0.15, 0.2) is 0 Å². The van der Waals surface area contributed by atoms with E-state index >= 15 is 0 Å². The fourth-order valence-corrected chi connectivity index (χ4v) is 2.14. The van der Waals surface area contributed by atoms with Crippen molar-refractivity contribution in [2.75, 3.05) is 7.11 Å². The van der Waals surface area contributed by atoms with Crippen LogP contribution in [-0.4, -0.2) is 29.9 Å². The Labute approximate surface area is 141 Å². The van der Waals surface area contributed by atoms with E-state index < -0.39 is 11.9 Å². The van der Waals surface area contributed by atoms with Gasteiger partial charge in [-0.2, -0.15) is 0 Å². The third kappa shape index (κ3) is 4.55. The molecule has 0 spiro atoms. The van der Waals surface area contributed by atoms with Crippen LogP contribution in [0.5, 0.6) is 5.88 Å². The number of benzene rings is 1. The molecule has 2 rings (SSSR count). The first kappa shape index (κ1) is 17.5. The minimum Gasteiger partial charge on any atom is -0.480 e. The Morgan fingerprint density at radius 3 is 2.54 bits per heavy atom. The highest BCUT2D eigenvalue weighted by Crippen LogP contribution is 2.15. The fraction of sp³-hybridized carbons (Fsp3) is 0.278. The minimum atomic E-state index is -0.674. The monoisotopic (exact) mass is 327 g/mol. The van der Waals surface area contributed by atoms with Crippen molar-refractivity contribution in [3.05, 3.63) is 59.3 Å². The highest BCUT2D eigenvalue weighted by molar-refractivity contribution is 5.99. The Balaban J connectivity index is 1.94. The highest BCUT2D eigenvalue weighted by Gasteiger charge is 2.19. The van der Waals surface area contributed by atoms with Gasteiger partial charge in [-0.25, -0.2) is 4.98 Å². The normalized spacial score (nSPS) is 11.5. The molecule has 6 nitrogen and oxygen atoms in total. The van der Waals surface area contributed by atoms with E-state index in [-0.39, 0.29) is 11.8 Å². The van der Waals surface area contributed by atoms with Gasteiger partial charge in [-0.1, -0.05) is 30.3 Å². The first-order chi connectivity index (χ1) is 11.5. The molecule has 0 aliphatic rings. The van der Waals surface area contributed by atoms with Crippen LogP contribution in [0, 0.1) is 6.92 Å². The van der Waals surface area contributed by atoms with Gasteiger partial charge in [0.1, 0.15) is 11.6 Å². The molecule has 1 heterocycles. The van der Waals surface area contributed by atoms with Crippen molar-refractivity contribution in [1.29, 1.82) is 0 Å². The van der Waals surface area contributed by atoms with E-state index in [9.17, 15) is 9.59 Å². The molecule has 126 valence electrons. The molecule has 2 aromatic rings. The van der Waals surface area contributed by atoms with Crippen molar-refractivity contribution < 1.29 is 14.3 Å². The number of aryl methyl sites for hydroxylation is 1. The number of hydrogen-bond acceptors (Lipinski definition) is 4. The summed E-state index contributed by atoms with van der Waals surface area (Å²) in [5.41, 5.74) is 2.04. The van der Waals surface area contributed by atoms with Crippen LogP contribution in [0.15, 0.2) is 42.5 Å². The quantitative estimate of drug-likeness (QED) is 0.848. The molecular weight excluding hydrogens is 306 g/mol. The van der Waals surface area contributed by atoms with E-state index in [1.54, 1.807) is 19.1 Å². The number of rotatable bonds is 6. The maximum atomic E-state index is 12.3. The van der Waals surface area contributed by atoms with Crippen LogP contribution in [0.1, 0.15) is 28.5 Å². The van der Waals surface area contributed by atoms with Gasteiger partial charge in [0.2, 0.25) is 11.8 Å². The predicted octanol–water partition coefficient (Wildman–Crippen LogP) is 1.83. The largest absolute Gasteiger partial charge is 0.480 e. The highest BCUT2D eigenvalue weighted by atomic mass is 16.5. The molecule has 1 aromatic heterocycles. The molecule has 0 saturated carbocycles. The second kappa shape index (κ2) is 8.10. The zero-order valence-electron chi connectivity index (χ0n) is 14.0. The minimum absolute atomic E-state index is 0.240. The second-order valence-electron chi connectivity index (χ2n) is 5.41. The van der Waals surface area contributed by atoms with Crippen LogP contribution in [0.25, 0.3) is 0 Å². The topological polar surface area (TPSA) is 80.3 Å². The Morgan fingerprint density at radius 2 is 1.88 bits per heavy atom. The Morgan fingerprint density at radius 1 is 1.17 bits per heavy atom. The molecule has 0 fully saturated rings. The third-order valence-corrected chi connectivity index (χ3v) is 3.49. The number of aromatic nitrogens is 1. The first-order valence-electron chi connectivity index (χ1n) is 7.65. The SMILES string of the molecule is COc1nc(C)ccc1C(=O)N[C@@H](C)C(=O)NCc1ccccc1. The summed E-state index contributed by atoms with van der Waals surface area (Å²) in [6.07, 6.45) is 0. The average molecular weight is 327 g/mol. The van der Waals surface area contributed by atoms with Gasteiger partial charge in [-0.3, -0.25) is 9.59 Å². The zero-order valence-corrected chi connectivity index (χ0v) is 14.0. The zero-order chi connectivity index (χ0) is 17.5. The van der Waals surface area contributed by atoms with E-state index in [1.165, 1.54) is 7.11 Å². The lowest BCUT2D eigenvalue weighted by Gasteiger charge is -2.15. The van der Waals surface area contributed by atoms with Crippen LogP contribution in [0.2, 0.25) is 0 Å². The van der Waals surface area contributed by atoms with Gasteiger partial charge < -0.3 is 15.4 Å². The molecule has 6 heteroatoms. The van der Waals surface area contributed by atoms with Crippen molar-refractivity contribution in [2.24, 2.45) is 0 Å². The van der Waals surface area contributed by atoms with Crippen LogP contribution in [0.4, 0.5) is 0 Å². The van der Waals surface area contributed by atoms with Crippen molar-refractivity contribution >= 4 is 11.8 Å². The number of carbonyl (C=O) groups excluding carboxylic acids is 2. The molecule has 0 radical (unpaired) electrons. The van der Waals surface area contributed by atoms with Gasteiger partial charge in [0.05, 0.1) is 7.11 Å². The van der Waals surface area contributed by atoms with E-state index in [0.717, 1.165) is 11.3 Å². The molecule has 2 N–H and O–H groups in total. The fourth-order valence-electron chi connectivity index (χ4n) is 2.14. The predicted molar refractivity (Wildman–Crippen MR) is 90.7 cm³/mol. The van der Waals surface area contributed by atoms with Gasteiger partial charge in [0.25, 0.3) is 5.91 Å². The number of amides is 2. The maximum Gasteiger partial charge on any atom is 0.257 e. The summed E-state index contributed by atoms with van der Waals surface area (Å²) < 4.78 is 5.12. The van der Waals surface area contributed by atoms with Crippen molar-refractivity contribution in [2.45, 2.75) is 26.4 Å². The molecule has 1 atom stereocenters. The number of hydrogen-bond donors (Lipinski definition) is 2. The summed E-state index contributed by atoms with van der Waals surface area (Å²) in [7, 11) is 1.45. The van der Waals surface area contributed by atoms with Crippen molar-refractivity contribution in [1.82, 2.24) is 15.6 Å². The number of ether oxygens (including phenoxy) is 1. The van der Waals surface area contributed by atoms with E-state index in [4.69, 9.17) is 4.74 Å². The summed E-state index contributed by atoms with van der Waals surface area (Å²) in [5.74, 6) is -0.419. The number of carbonyl (C=O) groups is 2. The molecule has 0 bridgehead atoms. The molecule has 0 saturated heterocycles. The maximum absolute atomic E-state index is 12.3. The molecule has 24 heavy (non-hydrogen) atoms. The summed E-state index contributed by atoms with van der Waals surface area (Å²) in [5, 5.41) is 5.45. The van der Waals surface area contributed by atoms with Crippen LogP contribution >= 0.6 is 0 Å². The van der Waals surface area contributed by atoms with E-state index in [0.29, 0.717) is 12.1 Å².